The van der Waals surface area contributed by atoms with Crippen LogP contribution in [0.2, 0.25) is 0 Å². The number of aryl methyl sites for hydroxylation is 1. The Hall–Kier alpha value is -3.54. The Bertz CT molecular complexity index is 1530. The maximum Gasteiger partial charge on any atom is 0.315 e. The number of rotatable bonds is 9. The third-order valence-corrected chi connectivity index (χ3v) is 8.42. The fraction of sp³-hybridized carbons (Fsp3) is 0.429. The van der Waals surface area contributed by atoms with Crippen molar-refractivity contribution in [3.63, 3.8) is 0 Å². The zero-order chi connectivity index (χ0) is 27.7. The van der Waals surface area contributed by atoms with Crippen LogP contribution in [0.3, 0.4) is 0 Å². The van der Waals surface area contributed by atoms with Gasteiger partial charge in [0.05, 0.1) is 36.2 Å². The lowest BCUT2D eigenvalue weighted by Crippen LogP contribution is -2.37. The van der Waals surface area contributed by atoms with Crippen LogP contribution < -0.4 is 10.2 Å². The van der Waals surface area contributed by atoms with Crippen LogP contribution in [-0.4, -0.2) is 52.3 Å². The number of hydrogen-bond donors (Lipinski definition) is 1. The Kier molecular flexibility index (Phi) is 7.57. The predicted molar refractivity (Wildman–Crippen MR) is 145 cm³/mol. The van der Waals surface area contributed by atoms with Crippen molar-refractivity contribution in [2.24, 2.45) is 0 Å². The molecule has 1 saturated heterocycles. The maximum atomic E-state index is 13.8. The van der Waals surface area contributed by atoms with Crippen LogP contribution in [0.1, 0.15) is 49.6 Å². The molecule has 1 aliphatic rings. The summed E-state index contributed by atoms with van der Waals surface area (Å²) in [6.45, 7) is 6.25. The van der Waals surface area contributed by atoms with Crippen LogP contribution in [0.4, 0.5) is 0 Å². The van der Waals surface area contributed by atoms with Crippen molar-refractivity contribution < 1.29 is 28.5 Å². The minimum Gasteiger partial charge on any atom is -0.496 e. The summed E-state index contributed by atoms with van der Waals surface area (Å²) in [5.74, 6) is -0.0854. The highest BCUT2D eigenvalue weighted by Crippen LogP contribution is 2.38. The summed E-state index contributed by atoms with van der Waals surface area (Å²) in [4.78, 5) is 31.5. The minimum absolute atomic E-state index is 0.0357. The molecule has 1 atom stereocenters. The van der Waals surface area contributed by atoms with E-state index in [1.165, 1.54) is 31.4 Å². The van der Waals surface area contributed by atoms with Gasteiger partial charge in [0.25, 0.3) is 0 Å². The van der Waals surface area contributed by atoms with Crippen molar-refractivity contribution >= 4 is 27.5 Å². The van der Waals surface area contributed by atoms with Crippen LogP contribution in [0.5, 0.6) is 5.75 Å². The van der Waals surface area contributed by atoms with Gasteiger partial charge in [-0.2, -0.15) is 5.10 Å². The fourth-order valence-corrected chi connectivity index (χ4v) is 6.00. The van der Waals surface area contributed by atoms with Gasteiger partial charge >= 0.3 is 5.97 Å². The smallest absolute Gasteiger partial charge is 0.315 e. The third-order valence-electron chi connectivity index (χ3n) is 7.13. The molecular formula is C28H31N3O7S. The number of aliphatic carboxylic acids is 1. The molecular weight excluding hydrogens is 522 g/mol. The number of para-hydroxylation sites is 1. The second-order valence-corrected chi connectivity index (χ2v) is 11.0. The SMILES string of the molecule is COc1ccccc1[C@@H](Cn1nc(C(C)(C)C(=O)O)c(=O)c2c(C)c(-c3ncco3)sc21)OC1CCOCC1. The van der Waals surface area contributed by atoms with E-state index in [0.29, 0.717) is 45.5 Å². The lowest BCUT2D eigenvalue weighted by molar-refractivity contribution is -0.142. The van der Waals surface area contributed by atoms with Gasteiger partial charge in [-0.15, -0.1) is 11.3 Å². The van der Waals surface area contributed by atoms with Gasteiger partial charge in [-0.25, -0.2) is 4.98 Å². The zero-order valence-electron chi connectivity index (χ0n) is 22.3. The van der Waals surface area contributed by atoms with Crippen molar-refractivity contribution in [2.45, 2.75) is 57.8 Å². The van der Waals surface area contributed by atoms with E-state index >= 15 is 0 Å². The molecule has 4 aromatic rings. The first kappa shape index (κ1) is 27.0. The number of carboxylic acids is 1. The van der Waals surface area contributed by atoms with Gasteiger partial charge in [-0.05, 0) is 45.2 Å². The van der Waals surface area contributed by atoms with Crippen LogP contribution in [0.15, 0.2) is 45.9 Å². The monoisotopic (exact) mass is 553 g/mol. The lowest BCUT2D eigenvalue weighted by atomic mass is 9.88. The Balaban J connectivity index is 1.70. The van der Waals surface area contributed by atoms with Crippen molar-refractivity contribution in [1.29, 1.82) is 0 Å². The van der Waals surface area contributed by atoms with Crippen molar-refractivity contribution in [3.8, 4) is 16.5 Å². The number of nitrogens with zero attached hydrogens (tertiary/aromatic N) is 3. The fourth-order valence-electron chi connectivity index (χ4n) is 4.80. The van der Waals surface area contributed by atoms with Gasteiger partial charge in [0, 0.05) is 18.8 Å². The minimum atomic E-state index is -1.52. The molecule has 1 N–H and O–H groups in total. The number of aromatic nitrogens is 3. The molecule has 0 unspecified atom stereocenters. The highest BCUT2D eigenvalue weighted by atomic mass is 32.1. The molecule has 0 radical (unpaired) electrons. The first-order chi connectivity index (χ1) is 18.7. The summed E-state index contributed by atoms with van der Waals surface area (Å²) >= 11 is 1.33. The third kappa shape index (κ3) is 5.09. The molecule has 0 bridgehead atoms. The summed E-state index contributed by atoms with van der Waals surface area (Å²) in [6, 6.07) is 7.63. The second kappa shape index (κ2) is 10.9. The number of methoxy groups -OCH3 is 1. The maximum absolute atomic E-state index is 13.8. The molecule has 11 heteroatoms. The zero-order valence-corrected chi connectivity index (χ0v) is 23.1. The molecule has 206 valence electrons. The molecule has 10 nitrogen and oxygen atoms in total. The number of thiophene rings is 1. The average molecular weight is 554 g/mol. The van der Waals surface area contributed by atoms with Crippen LogP contribution in [-0.2, 0) is 26.2 Å². The van der Waals surface area contributed by atoms with E-state index in [4.69, 9.17) is 18.6 Å². The van der Waals surface area contributed by atoms with E-state index in [2.05, 4.69) is 10.1 Å². The van der Waals surface area contributed by atoms with Gasteiger partial charge in [0.1, 0.15) is 34.1 Å². The predicted octanol–water partition coefficient (Wildman–Crippen LogP) is 4.73. The number of carboxylic acid groups (broad SMARTS) is 1. The van der Waals surface area contributed by atoms with E-state index in [0.717, 1.165) is 18.4 Å². The number of hydrogen-bond acceptors (Lipinski definition) is 9. The normalized spacial score (nSPS) is 15.5. The van der Waals surface area contributed by atoms with Crippen LogP contribution >= 0.6 is 11.3 Å². The Morgan fingerprint density at radius 1 is 1.28 bits per heavy atom. The van der Waals surface area contributed by atoms with Gasteiger partial charge in [0.15, 0.2) is 0 Å². The summed E-state index contributed by atoms with van der Waals surface area (Å²) in [5, 5.41) is 15.1. The van der Waals surface area contributed by atoms with Crippen LogP contribution in [0, 0.1) is 6.92 Å². The molecule has 5 rings (SSSR count). The molecule has 0 aliphatic carbocycles. The number of benzene rings is 1. The van der Waals surface area contributed by atoms with Gasteiger partial charge in [0.2, 0.25) is 11.3 Å². The van der Waals surface area contributed by atoms with Gasteiger partial charge < -0.3 is 23.7 Å². The summed E-state index contributed by atoms with van der Waals surface area (Å²) in [5.41, 5.74) is -0.487. The molecule has 0 spiro atoms. The molecule has 0 saturated carbocycles. The van der Waals surface area contributed by atoms with Gasteiger partial charge in [-0.3, -0.25) is 14.3 Å². The highest BCUT2D eigenvalue weighted by Gasteiger charge is 2.37. The second-order valence-electron chi connectivity index (χ2n) is 10.0. The summed E-state index contributed by atoms with van der Waals surface area (Å²) in [7, 11) is 1.61. The standard InChI is InChI=1S/C28H31N3O7S/c1-16-21-22(32)24(28(2,3)27(33)34)30-31(26(21)39-23(16)25-29-11-14-37-25)15-20(38-17-9-12-36-13-10-17)18-7-5-6-8-19(18)35-4/h5-8,11,14,17,20H,9-10,12-13,15H2,1-4H3,(H,33,34)/t20-/m1/s1. The first-order valence-corrected chi connectivity index (χ1v) is 13.6. The number of carbonyl (C=O) groups is 1. The number of fused-ring (bicyclic) bond motifs is 1. The highest BCUT2D eigenvalue weighted by molar-refractivity contribution is 7.22. The molecule has 1 aromatic carbocycles. The average Bonchev–Trinajstić information content (AvgIpc) is 3.58. The van der Waals surface area contributed by atoms with Crippen molar-refractivity contribution in [1.82, 2.24) is 14.8 Å². The Labute approximate surface area is 229 Å². The largest absolute Gasteiger partial charge is 0.496 e. The topological polar surface area (TPSA) is 126 Å². The quantitative estimate of drug-likeness (QED) is 0.313. The van der Waals surface area contributed by atoms with Gasteiger partial charge in [-0.1, -0.05) is 18.2 Å². The van der Waals surface area contributed by atoms with Crippen molar-refractivity contribution in [3.05, 3.63) is 63.8 Å². The van der Waals surface area contributed by atoms with E-state index in [1.807, 2.05) is 31.2 Å². The molecule has 1 fully saturated rings. The number of ether oxygens (including phenoxy) is 3. The Morgan fingerprint density at radius 2 is 2.03 bits per heavy atom. The first-order valence-electron chi connectivity index (χ1n) is 12.8. The number of oxazole rings is 1. The van der Waals surface area contributed by atoms with E-state index < -0.39 is 22.9 Å². The molecule has 3 aromatic heterocycles. The van der Waals surface area contributed by atoms with Crippen molar-refractivity contribution in [2.75, 3.05) is 20.3 Å². The van der Waals surface area contributed by atoms with E-state index in [9.17, 15) is 14.7 Å². The lowest BCUT2D eigenvalue weighted by Gasteiger charge is -2.29. The molecule has 0 amide bonds. The summed E-state index contributed by atoms with van der Waals surface area (Å²) in [6.07, 6.45) is 4.00. The van der Waals surface area contributed by atoms with E-state index in [1.54, 1.807) is 18.0 Å². The molecule has 4 heterocycles. The molecule has 39 heavy (non-hydrogen) atoms. The van der Waals surface area contributed by atoms with Crippen LogP contribution in [0.25, 0.3) is 21.0 Å². The Morgan fingerprint density at radius 3 is 2.69 bits per heavy atom. The summed E-state index contributed by atoms with van der Waals surface area (Å²) < 4.78 is 25.1. The molecule has 1 aliphatic heterocycles. The van der Waals surface area contributed by atoms with E-state index in [-0.39, 0.29) is 18.3 Å².